The lowest BCUT2D eigenvalue weighted by atomic mass is 9.98. The minimum Gasteiger partial charge on any atom is -0.444 e. The fraction of sp³-hybridized carbons (Fsp3) is 0.542. The number of nitrogens with zero attached hydrogens (tertiary/aromatic N) is 2. The van der Waals surface area contributed by atoms with Crippen LogP contribution in [0, 0.1) is 11.7 Å². The monoisotopic (exact) mass is 471 g/mol. The van der Waals surface area contributed by atoms with Gasteiger partial charge >= 0.3 is 12.1 Å². The number of ether oxygens (including phenoxy) is 2. The van der Waals surface area contributed by atoms with Gasteiger partial charge in [-0.05, 0) is 50.2 Å². The Labute approximate surface area is 197 Å². The standard InChI is InChI=1S/C24H30FN5O4/c1-24(7-8-24)27-23(32)34-17-11-20(33-14-17)19-12-21(29-28-19)26-22(31)30-9-6-15(13-30)10-16-4-2-3-5-18(16)25/h2-5,12,15,17,20H,6-11,13-14H2,1H3,(H,27,32)(H2,26,28,29,31). The molecule has 1 aromatic heterocycles. The van der Waals surface area contributed by atoms with Crippen LogP contribution in [-0.2, 0) is 15.9 Å². The van der Waals surface area contributed by atoms with E-state index in [1.54, 1.807) is 23.1 Å². The Morgan fingerprint density at radius 2 is 2.18 bits per heavy atom. The predicted molar refractivity (Wildman–Crippen MR) is 122 cm³/mol. The van der Waals surface area contributed by atoms with Crippen LogP contribution >= 0.6 is 0 Å². The van der Waals surface area contributed by atoms with Crippen LogP contribution in [-0.4, -0.2) is 58.6 Å². The Hall–Kier alpha value is -3.14. The molecule has 3 atom stereocenters. The normalized spacial score (nSPS) is 25.2. The summed E-state index contributed by atoms with van der Waals surface area (Å²) in [6, 6.07) is 8.29. The van der Waals surface area contributed by atoms with Crippen LogP contribution in [0.5, 0.6) is 0 Å². The minimum absolute atomic E-state index is 0.125. The number of hydrogen-bond donors (Lipinski definition) is 3. The number of benzene rings is 1. The predicted octanol–water partition coefficient (Wildman–Crippen LogP) is 3.75. The van der Waals surface area contributed by atoms with E-state index in [0.29, 0.717) is 43.9 Å². The summed E-state index contributed by atoms with van der Waals surface area (Å²) in [4.78, 5) is 26.4. The molecular weight excluding hydrogens is 441 g/mol. The summed E-state index contributed by atoms with van der Waals surface area (Å²) < 4.78 is 25.2. The molecule has 182 valence electrons. The summed E-state index contributed by atoms with van der Waals surface area (Å²) in [6.45, 7) is 3.50. The van der Waals surface area contributed by atoms with Crippen LogP contribution < -0.4 is 10.6 Å². The number of amides is 3. The molecule has 1 aromatic carbocycles. The van der Waals surface area contributed by atoms with Crippen LogP contribution in [0.2, 0.25) is 0 Å². The number of nitrogens with one attached hydrogen (secondary N) is 3. The number of H-pyrrole nitrogens is 1. The molecule has 2 saturated heterocycles. The molecule has 1 saturated carbocycles. The van der Waals surface area contributed by atoms with Gasteiger partial charge in [0.1, 0.15) is 18.0 Å². The third-order valence-corrected chi connectivity index (χ3v) is 6.86. The second kappa shape index (κ2) is 9.25. The Balaban J connectivity index is 1.08. The van der Waals surface area contributed by atoms with E-state index in [9.17, 15) is 14.0 Å². The lowest BCUT2D eigenvalue weighted by Crippen LogP contribution is -2.37. The van der Waals surface area contributed by atoms with Gasteiger partial charge in [-0.3, -0.25) is 10.4 Å². The Kier molecular flexibility index (Phi) is 6.16. The second-order valence-corrected chi connectivity index (χ2v) is 9.81. The first-order valence-electron chi connectivity index (χ1n) is 11.8. The average Bonchev–Trinajstić information content (AvgIpc) is 3.24. The molecule has 3 aliphatic rings. The van der Waals surface area contributed by atoms with E-state index in [1.807, 2.05) is 13.0 Å². The van der Waals surface area contributed by atoms with Gasteiger partial charge in [0.2, 0.25) is 0 Å². The number of anilines is 1. The molecule has 34 heavy (non-hydrogen) atoms. The Bertz CT molecular complexity index is 1060. The van der Waals surface area contributed by atoms with Crippen molar-refractivity contribution in [1.82, 2.24) is 20.4 Å². The van der Waals surface area contributed by atoms with Crippen LogP contribution in [0.15, 0.2) is 30.3 Å². The van der Waals surface area contributed by atoms with Crippen molar-refractivity contribution in [3.8, 4) is 0 Å². The number of carbonyl (C=O) groups excluding carboxylic acids is 2. The highest BCUT2D eigenvalue weighted by molar-refractivity contribution is 5.88. The van der Waals surface area contributed by atoms with E-state index < -0.39 is 6.09 Å². The zero-order valence-corrected chi connectivity index (χ0v) is 19.2. The van der Waals surface area contributed by atoms with Crippen LogP contribution in [0.1, 0.15) is 50.0 Å². The molecule has 2 aliphatic heterocycles. The van der Waals surface area contributed by atoms with Crippen molar-refractivity contribution < 1.29 is 23.5 Å². The van der Waals surface area contributed by atoms with Gasteiger partial charge in [-0.15, -0.1) is 0 Å². The third kappa shape index (κ3) is 5.32. The fourth-order valence-electron chi connectivity index (χ4n) is 4.55. The lowest BCUT2D eigenvalue weighted by molar-refractivity contribution is 0.0675. The van der Waals surface area contributed by atoms with Gasteiger partial charge in [-0.25, -0.2) is 14.0 Å². The molecule has 0 radical (unpaired) electrons. The highest BCUT2D eigenvalue weighted by Crippen LogP contribution is 2.35. The number of aromatic amines is 1. The van der Waals surface area contributed by atoms with Gasteiger partial charge in [0.15, 0.2) is 5.82 Å². The van der Waals surface area contributed by atoms with E-state index in [2.05, 4.69) is 20.8 Å². The van der Waals surface area contributed by atoms with Crippen molar-refractivity contribution in [2.75, 3.05) is 25.0 Å². The fourth-order valence-corrected chi connectivity index (χ4v) is 4.55. The maximum Gasteiger partial charge on any atom is 0.407 e. The number of urea groups is 1. The molecule has 2 aromatic rings. The first-order chi connectivity index (χ1) is 16.4. The number of halogens is 1. The quantitative estimate of drug-likeness (QED) is 0.595. The van der Waals surface area contributed by atoms with E-state index in [0.717, 1.165) is 25.0 Å². The molecule has 1 aliphatic carbocycles. The van der Waals surface area contributed by atoms with Gasteiger partial charge in [0, 0.05) is 31.1 Å². The maximum absolute atomic E-state index is 13.9. The first kappa shape index (κ1) is 22.6. The molecular formula is C24H30FN5O4. The summed E-state index contributed by atoms with van der Waals surface area (Å²) in [5.41, 5.74) is 1.28. The van der Waals surface area contributed by atoms with Crippen LogP contribution in [0.25, 0.3) is 0 Å². The molecule has 3 amide bonds. The summed E-state index contributed by atoms with van der Waals surface area (Å²) in [5.74, 6) is 0.430. The van der Waals surface area contributed by atoms with Crippen molar-refractivity contribution in [2.45, 2.75) is 56.8 Å². The molecule has 10 heteroatoms. The van der Waals surface area contributed by atoms with Crippen LogP contribution in [0.3, 0.4) is 0 Å². The molecule has 3 fully saturated rings. The number of aromatic nitrogens is 2. The Morgan fingerprint density at radius 3 is 2.97 bits per heavy atom. The van der Waals surface area contributed by atoms with E-state index in [-0.39, 0.29) is 35.5 Å². The minimum atomic E-state index is -0.411. The lowest BCUT2D eigenvalue weighted by Gasteiger charge is -2.16. The van der Waals surface area contributed by atoms with Gasteiger partial charge in [-0.1, -0.05) is 18.2 Å². The first-order valence-corrected chi connectivity index (χ1v) is 11.8. The number of hydrogen-bond acceptors (Lipinski definition) is 5. The molecule has 0 bridgehead atoms. The maximum atomic E-state index is 13.9. The van der Waals surface area contributed by atoms with Crippen molar-refractivity contribution in [2.24, 2.45) is 5.92 Å². The zero-order valence-electron chi connectivity index (χ0n) is 19.2. The number of alkyl carbamates (subject to hydrolysis) is 1. The van der Waals surface area contributed by atoms with E-state index in [1.165, 1.54) is 6.07 Å². The molecule has 0 spiro atoms. The summed E-state index contributed by atoms with van der Waals surface area (Å²) in [6.07, 6.45) is 2.87. The van der Waals surface area contributed by atoms with Crippen LogP contribution in [0.4, 0.5) is 19.8 Å². The molecule has 5 rings (SSSR count). The highest BCUT2D eigenvalue weighted by atomic mass is 19.1. The smallest absolute Gasteiger partial charge is 0.407 e. The zero-order chi connectivity index (χ0) is 23.7. The van der Waals surface area contributed by atoms with Crippen molar-refractivity contribution in [3.63, 3.8) is 0 Å². The topological polar surface area (TPSA) is 109 Å². The number of likely N-dealkylation sites (tertiary alicyclic amines) is 1. The Morgan fingerprint density at radius 1 is 1.35 bits per heavy atom. The molecule has 3 N–H and O–H groups in total. The summed E-state index contributed by atoms with van der Waals surface area (Å²) in [5, 5.41) is 12.8. The van der Waals surface area contributed by atoms with Crippen molar-refractivity contribution >= 4 is 17.9 Å². The number of carbonyl (C=O) groups is 2. The number of rotatable bonds is 6. The van der Waals surface area contributed by atoms with Gasteiger partial charge in [0.05, 0.1) is 12.3 Å². The van der Waals surface area contributed by atoms with E-state index in [4.69, 9.17) is 9.47 Å². The largest absolute Gasteiger partial charge is 0.444 e. The summed E-state index contributed by atoms with van der Waals surface area (Å²) in [7, 11) is 0. The molecule has 9 nitrogen and oxygen atoms in total. The molecule has 3 heterocycles. The third-order valence-electron chi connectivity index (χ3n) is 6.86. The van der Waals surface area contributed by atoms with E-state index >= 15 is 0 Å². The van der Waals surface area contributed by atoms with Gasteiger partial charge < -0.3 is 19.7 Å². The average molecular weight is 472 g/mol. The van der Waals surface area contributed by atoms with Gasteiger partial charge in [0.25, 0.3) is 0 Å². The SMILES string of the molecule is CC1(NC(=O)OC2COC(c3cc(NC(=O)N4CCC(Cc5ccccc5F)C4)n[nH]3)C2)CC1. The summed E-state index contributed by atoms with van der Waals surface area (Å²) >= 11 is 0. The van der Waals surface area contributed by atoms with Gasteiger partial charge in [-0.2, -0.15) is 5.10 Å². The van der Waals surface area contributed by atoms with Crippen molar-refractivity contribution in [1.29, 1.82) is 0 Å². The van der Waals surface area contributed by atoms with Crippen molar-refractivity contribution in [3.05, 3.63) is 47.4 Å². The highest BCUT2D eigenvalue weighted by Gasteiger charge is 2.40. The molecule has 3 unspecified atom stereocenters. The second-order valence-electron chi connectivity index (χ2n) is 9.81.